The monoisotopic (exact) mass is 350 g/mol. The van der Waals surface area contributed by atoms with Crippen molar-refractivity contribution in [3.8, 4) is 11.5 Å². The van der Waals surface area contributed by atoms with Crippen LogP contribution in [-0.2, 0) is 19.3 Å². The van der Waals surface area contributed by atoms with E-state index in [0.29, 0.717) is 0 Å². The van der Waals surface area contributed by atoms with Crippen LogP contribution in [0.4, 0.5) is 4.79 Å². The molecule has 1 aromatic carbocycles. The van der Waals surface area contributed by atoms with Crippen LogP contribution in [0.15, 0.2) is 6.07 Å². The molecule has 0 radical (unpaired) electrons. The number of carboxylic acid groups (broad SMARTS) is 1. The van der Waals surface area contributed by atoms with E-state index in [2.05, 4.69) is 26.8 Å². The molecule has 0 aliphatic carbocycles. The lowest BCUT2D eigenvalue weighted by Gasteiger charge is -2.18. The summed E-state index contributed by atoms with van der Waals surface area (Å²) in [6.07, 6.45) is 9.60. The van der Waals surface area contributed by atoms with Crippen molar-refractivity contribution in [1.29, 1.82) is 0 Å². The molecule has 0 aliphatic rings. The molecule has 1 rings (SSSR count). The summed E-state index contributed by atoms with van der Waals surface area (Å²) in [7, 11) is 0. The summed E-state index contributed by atoms with van der Waals surface area (Å²) in [6.45, 7) is 6.42. The first-order chi connectivity index (χ1) is 12.0. The molecule has 0 bridgehead atoms. The third-order valence-corrected chi connectivity index (χ3v) is 4.60. The van der Waals surface area contributed by atoms with E-state index in [9.17, 15) is 9.90 Å². The summed E-state index contributed by atoms with van der Waals surface area (Å²) in [5.74, 6) is 0.185. The highest BCUT2D eigenvalue weighted by molar-refractivity contribution is 5.66. The van der Waals surface area contributed by atoms with Crippen LogP contribution in [-0.4, -0.2) is 16.4 Å². The molecule has 25 heavy (non-hydrogen) atoms. The Kier molecular flexibility index (Phi) is 10.0. The molecule has 1 aromatic rings. The second-order valence-electron chi connectivity index (χ2n) is 6.74. The molecule has 4 heteroatoms. The van der Waals surface area contributed by atoms with E-state index in [1.165, 1.54) is 0 Å². The fraction of sp³-hybridized carbons (Fsp3) is 0.667. The van der Waals surface area contributed by atoms with Gasteiger partial charge in [-0.25, -0.2) is 4.79 Å². The van der Waals surface area contributed by atoms with Crippen LogP contribution in [0.25, 0.3) is 0 Å². The molecule has 0 heterocycles. The second-order valence-corrected chi connectivity index (χ2v) is 6.74. The maximum Gasteiger partial charge on any atom is 0.511 e. The van der Waals surface area contributed by atoms with Crippen molar-refractivity contribution in [2.75, 3.05) is 0 Å². The summed E-state index contributed by atoms with van der Waals surface area (Å²) in [4.78, 5) is 11.1. The van der Waals surface area contributed by atoms with Gasteiger partial charge in [0.15, 0.2) is 11.5 Å². The van der Waals surface area contributed by atoms with Gasteiger partial charge in [0.1, 0.15) is 0 Å². The van der Waals surface area contributed by atoms with Gasteiger partial charge in [0.2, 0.25) is 0 Å². The lowest BCUT2D eigenvalue weighted by molar-refractivity contribution is 0.142. The minimum atomic E-state index is -1.37. The first kappa shape index (κ1) is 21.3. The molecule has 142 valence electrons. The number of ether oxygens (including phenoxy) is 1. The van der Waals surface area contributed by atoms with E-state index >= 15 is 0 Å². The van der Waals surface area contributed by atoms with Crippen molar-refractivity contribution in [3.05, 3.63) is 22.8 Å². The molecule has 0 saturated heterocycles. The first-order valence-electron chi connectivity index (χ1n) is 9.82. The number of benzene rings is 1. The number of phenols is 1. The highest BCUT2D eigenvalue weighted by Gasteiger charge is 2.20. The lowest BCUT2D eigenvalue weighted by atomic mass is 9.92. The quantitative estimate of drug-likeness (QED) is 0.265. The Morgan fingerprint density at radius 3 is 2.00 bits per heavy atom. The van der Waals surface area contributed by atoms with Crippen molar-refractivity contribution in [2.24, 2.45) is 0 Å². The first-order valence-corrected chi connectivity index (χ1v) is 9.82. The lowest BCUT2D eigenvalue weighted by Crippen LogP contribution is -2.09. The predicted molar refractivity (Wildman–Crippen MR) is 102 cm³/mol. The number of aromatic hydroxyl groups is 1. The number of rotatable bonds is 12. The van der Waals surface area contributed by atoms with Crippen LogP contribution in [0.2, 0.25) is 0 Å². The van der Waals surface area contributed by atoms with Crippen LogP contribution in [0.1, 0.15) is 88.8 Å². The Balaban J connectivity index is 3.23. The average molecular weight is 350 g/mol. The zero-order valence-corrected chi connectivity index (χ0v) is 16.1. The maximum atomic E-state index is 11.1. The Morgan fingerprint density at radius 2 is 1.44 bits per heavy atom. The van der Waals surface area contributed by atoms with E-state index in [1.54, 1.807) is 0 Å². The van der Waals surface area contributed by atoms with Gasteiger partial charge >= 0.3 is 6.16 Å². The number of unbranched alkanes of at least 4 members (excludes halogenated alkanes) is 5. The fourth-order valence-corrected chi connectivity index (χ4v) is 3.18. The zero-order valence-electron chi connectivity index (χ0n) is 16.1. The predicted octanol–water partition coefficient (Wildman–Crippen LogP) is 6.26. The van der Waals surface area contributed by atoms with Gasteiger partial charge in [0.25, 0.3) is 0 Å². The minimum Gasteiger partial charge on any atom is -0.504 e. The van der Waals surface area contributed by atoms with E-state index in [4.69, 9.17) is 9.84 Å². The van der Waals surface area contributed by atoms with Crippen LogP contribution < -0.4 is 4.74 Å². The van der Waals surface area contributed by atoms with Crippen LogP contribution in [0.3, 0.4) is 0 Å². The average Bonchev–Trinajstić information content (AvgIpc) is 2.58. The smallest absolute Gasteiger partial charge is 0.504 e. The van der Waals surface area contributed by atoms with Gasteiger partial charge in [0, 0.05) is 5.56 Å². The van der Waals surface area contributed by atoms with Gasteiger partial charge in [-0.1, -0.05) is 58.9 Å². The van der Waals surface area contributed by atoms with Gasteiger partial charge in [-0.05, 0) is 49.7 Å². The van der Waals surface area contributed by atoms with Gasteiger partial charge in [-0.3, -0.25) is 0 Å². The van der Waals surface area contributed by atoms with Crippen molar-refractivity contribution in [1.82, 2.24) is 0 Å². The van der Waals surface area contributed by atoms with Crippen molar-refractivity contribution < 1.29 is 19.7 Å². The summed E-state index contributed by atoms with van der Waals surface area (Å²) >= 11 is 0. The minimum absolute atomic E-state index is 0.0404. The van der Waals surface area contributed by atoms with Gasteiger partial charge < -0.3 is 14.9 Å². The number of carbonyl (C=O) groups is 1. The third-order valence-electron chi connectivity index (χ3n) is 4.60. The standard InChI is InChI=1S/C21H34O4/c1-4-7-10-13-16-15-17(12-9-6-3)20(25-21(23)24)19(22)18(16)14-11-8-5-2/h15,22H,4-14H2,1-3H3,(H,23,24). The molecule has 2 N–H and O–H groups in total. The van der Waals surface area contributed by atoms with E-state index in [1.807, 2.05) is 0 Å². The fourth-order valence-electron chi connectivity index (χ4n) is 3.18. The Labute approximate surface area is 152 Å². The van der Waals surface area contributed by atoms with Gasteiger partial charge in [0.05, 0.1) is 0 Å². The van der Waals surface area contributed by atoms with Crippen molar-refractivity contribution in [3.63, 3.8) is 0 Å². The van der Waals surface area contributed by atoms with Crippen LogP contribution >= 0.6 is 0 Å². The SMILES string of the molecule is CCCCCc1cc(CCCC)c(OC(=O)O)c(O)c1CCCCC. The molecule has 0 atom stereocenters. The number of aryl methyl sites for hydroxylation is 2. The summed E-state index contributed by atoms with van der Waals surface area (Å²) in [6, 6.07) is 2.07. The zero-order chi connectivity index (χ0) is 18.7. The Bertz CT molecular complexity index is 537. The normalized spacial score (nSPS) is 10.8. The Hall–Kier alpha value is -1.71. The molecule has 0 amide bonds. The van der Waals surface area contributed by atoms with Crippen molar-refractivity contribution >= 4 is 6.16 Å². The second kappa shape index (κ2) is 11.8. The molecule has 0 spiro atoms. The maximum absolute atomic E-state index is 11.1. The molecule has 0 saturated carbocycles. The molecule has 0 unspecified atom stereocenters. The third kappa shape index (κ3) is 6.97. The highest BCUT2D eigenvalue weighted by Crippen LogP contribution is 2.39. The number of hydrogen-bond acceptors (Lipinski definition) is 3. The molecular weight excluding hydrogens is 316 g/mol. The van der Waals surface area contributed by atoms with Crippen LogP contribution in [0.5, 0.6) is 11.5 Å². The van der Waals surface area contributed by atoms with Crippen LogP contribution in [0, 0.1) is 0 Å². The molecule has 0 fully saturated rings. The van der Waals surface area contributed by atoms with Gasteiger partial charge in [-0.2, -0.15) is 0 Å². The topological polar surface area (TPSA) is 66.8 Å². The highest BCUT2D eigenvalue weighted by atomic mass is 16.7. The summed E-state index contributed by atoms with van der Waals surface area (Å²) < 4.78 is 4.97. The molecule has 0 aliphatic heterocycles. The van der Waals surface area contributed by atoms with Crippen molar-refractivity contribution in [2.45, 2.75) is 91.4 Å². The molecule has 4 nitrogen and oxygen atoms in total. The van der Waals surface area contributed by atoms with E-state index < -0.39 is 6.16 Å². The summed E-state index contributed by atoms with van der Waals surface area (Å²) in [5, 5.41) is 19.8. The summed E-state index contributed by atoms with van der Waals surface area (Å²) in [5.41, 5.74) is 2.85. The van der Waals surface area contributed by atoms with E-state index in [-0.39, 0.29) is 11.5 Å². The molecular formula is C21H34O4. The molecule has 0 aromatic heterocycles. The Morgan fingerprint density at radius 1 is 0.880 bits per heavy atom. The largest absolute Gasteiger partial charge is 0.511 e. The number of hydrogen-bond donors (Lipinski definition) is 2. The number of phenolic OH excluding ortho intramolecular Hbond substituents is 1. The van der Waals surface area contributed by atoms with E-state index in [0.717, 1.165) is 87.3 Å². The van der Waals surface area contributed by atoms with Gasteiger partial charge in [-0.15, -0.1) is 0 Å².